The van der Waals surface area contributed by atoms with Gasteiger partial charge in [-0.15, -0.1) is 0 Å². The van der Waals surface area contributed by atoms with Crippen molar-refractivity contribution in [2.24, 2.45) is 5.92 Å². The summed E-state index contributed by atoms with van der Waals surface area (Å²) in [7, 11) is 0. The smallest absolute Gasteiger partial charge is 0.233 e. The maximum Gasteiger partial charge on any atom is 0.233 e. The van der Waals surface area contributed by atoms with Crippen LogP contribution in [-0.4, -0.2) is 16.1 Å². The first-order valence-electron chi connectivity index (χ1n) is 5.44. The monoisotopic (exact) mass is 242 g/mol. The highest BCUT2D eigenvalue weighted by atomic mass is 32.1. The van der Waals surface area contributed by atoms with E-state index in [1.165, 1.54) is 0 Å². The number of carbonyl (C=O) groups excluding carboxylic acids is 1. The summed E-state index contributed by atoms with van der Waals surface area (Å²) in [5.41, 5.74) is 0. The average molecular weight is 242 g/mol. The van der Waals surface area contributed by atoms with E-state index in [1.54, 1.807) is 6.20 Å². The number of carbonyl (C=O) groups is 1. The van der Waals surface area contributed by atoms with Crippen LogP contribution in [0.5, 0.6) is 0 Å². The van der Waals surface area contributed by atoms with Gasteiger partial charge in [0.2, 0.25) is 11.8 Å². The van der Waals surface area contributed by atoms with Gasteiger partial charge in [-0.3, -0.25) is 4.79 Å². The van der Waals surface area contributed by atoms with E-state index in [-0.39, 0.29) is 17.1 Å². The van der Waals surface area contributed by atoms with Gasteiger partial charge in [0.15, 0.2) is 0 Å². The van der Waals surface area contributed by atoms with Crippen LogP contribution in [0.4, 0.5) is 0 Å². The Balaban J connectivity index is 2.42. The lowest BCUT2D eigenvalue weighted by Crippen LogP contribution is -2.33. The second kappa shape index (κ2) is 5.94. The molecular formula is C11H18N2O2S. The van der Waals surface area contributed by atoms with Gasteiger partial charge in [-0.05, 0) is 5.92 Å². The molecule has 0 bridgehead atoms. The van der Waals surface area contributed by atoms with Gasteiger partial charge in [0.05, 0.1) is 18.0 Å². The standard InChI is InChI=1S/C11H18N2O2S/c1-4-8-5-12-9(15-8)6-13-11(14)10(16)7(2)3/h5,7,10,16H,4,6H2,1-3H3,(H,13,14). The molecule has 0 aliphatic rings. The van der Waals surface area contributed by atoms with Crippen LogP contribution >= 0.6 is 12.6 Å². The topological polar surface area (TPSA) is 55.1 Å². The molecule has 16 heavy (non-hydrogen) atoms. The molecule has 1 rings (SSSR count). The highest BCUT2D eigenvalue weighted by Gasteiger charge is 2.17. The molecule has 0 aromatic carbocycles. The minimum absolute atomic E-state index is 0.0884. The quantitative estimate of drug-likeness (QED) is 0.774. The van der Waals surface area contributed by atoms with Crippen LogP contribution in [0, 0.1) is 5.92 Å². The first-order valence-corrected chi connectivity index (χ1v) is 5.95. The van der Waals surface area contributed by atoms with Crippen LogP contribution in [0.15, 0.2) is 10.6 Å². The highest BCUT2D eigenvalue weighted by molar-refractivity contribution is 7.81. The summed E-state index contributed by atoms with van der Waals surface area (Å²) >= 11 is 4.23. The summed E-state index contributed by atoms with van der Waals surface area (Å²) in [4.78, 5) is 15.6. The molecule has 5 heteroatoms. The Bertz CT molecular complexity index is 350. The number of thiol groups is 1. The van der Waals surface area contributed by atoms with Crippen molar-refractivity contribution in [3.63, 3.8) is 0 Å². The van der Waals surface area contributed by atoms with E-state index >= 15 is 0 Å². The summed E-state index contributed by atoms with van der Waals surface area (Å²) in [6, 6.07) is 0. The van der Waals surface area contributed by atoms with Crippen molar-refractivity contribution >= 4 is 18.5 Å². The third-order valence-electron chi connectivity index (χ3n) is 2.26. The number of hydrogen-bond acceptors (Lipinski definition) is 4. The zero-order valence-corrected chi connectivity index (χ0v) is 10.8. The van der Waals surface area contributed by atoms with Crippen LogP contribution in [-0.2, 0) is 17.8 Å². The average Bonchev–Trinajstić information content (AvgIpc) is 2.72. The third-order valence-corrected chi connectivity index (χ3v) is 3.09. The second-order valence-corrected chi connectivity index (χ2v) is 4.54. The van der Waals surface area contributed by atoms with Crippen LogP contribution in [0.25, 0.3) is 0 Å². The van der Waals surface area contributed by atoms with Gasteiger partial charge in [-0.2, -0.15) is 12.6 Å². The van der Waals surface area contributed by atoms with Crippen molar-refractivity contribution in [1.29, 1.82) is 0 Å². The lowest BCUT2D eigenvalue weighted by atomic mass is 10.1. The maximum atomic E-state index is 11.6. The summed E-state index contributed by atoms with van der Waals surface area (Å²) in [6.45, 7) is 6.23. The number of nitrogens with one attached hydrogen (secondary N) is 1. The molecule has 1 unspecified atom stereocenters. The van der Waals surface area contributed by atoms with Gasteiger partial charge in [-0.1, -0.05) is 20.8 Å². The summed E-state index contributed by atoms with van der Waals surface area (Å²) in [5.74, 6) is 1.48. The van der Waals surface area contributed by atoms with Gasteiger partial charge in [0, 0.05) is 6.42 Å². The van der Waals surface area contributed by atoms with Crippen LogP contribution in [0.1, 0.15) is 32.4 Å². The largest absolute Gasteiger partial charge is 0.444 e. The summed E-state index contributed by atoms with van der Waals surface area (Å²) < 4.78 is 5.37. The highest BCUT2D eigenvalue weighted by Crippen LogP contribution is 2.09. The van der Waals surface area contributed by atoms with Crippen molar-refractivity contribution in [2.75, 3.05) is 0 Å². The number of rotatable bonds is 5. The molecule has 0 saturated carbocycles. The normalized spacial score (nSPS) is 12.8. The predicted octanol–water partition coefficient (Wildman–Crippen LogP) is 1.81. The molecule has 1 heterocycles. The minimum Gasteiger partial charge on any atom is -0.444 e. The van der Waals surface area contributed by atoms with E-state index in [1.807, 2.05) is 20.8 Å². The molecule has 1 atom stereocenters. The van der Waals surface area contributed by atoms with E-state index in [4.69, 9.17) is 4.42 Å². The van der Waals surface area contributed by atoms with Crippen LogP contribution < -0.4 is 5.32 Å². The lowest BCUT2D eigenvalue weighted by molar-refractivity contribution is -0.121. The first-order chi connectivity index (χ1) is 7.54. The fraction of sp³-hybridized carbons (Fsp3) is 0.636. The number of aromatic nitrogens is 1. The molecule has 0 fully saturated rings. The summed E-state index contributed by atoms with van der Waals surface area (Å²) in [5, 5.41) is 2.45. The SMILES string of the molecule is CCc1cnc(CNC(=O)C(S)C(C)C)o1. The molecule has 0 aliphatic carbocycles. The molecule has 0 spiro atoms. The van der Waals surface area contributed by atoms with E-state index in [9.17, 15) is 4.79 Å². The van der Waals surface area contributed by atoms with Gasteiger partial charge in [0.25, 0.3) is 0 Å². The molecule has 0 aliphatic heterocycles. The van der Waals surface area contributed by atoms with Crippen LogP contribution in [0.2, 0.25) is 0 Å². The number of aryl methyl sites for hydroxylation is 1. The molecule has 1 N–H and O–H groups in total. The van der Waals surface area contributed by atoms with Crippen molar-refractivity contribution in [1.82, 2.24) is 10.3 Å². The Hall–Kier alpha value is -0.970. The van der Waals surface area contributed by atoms with Crippen molar-refractivity contribution in [3.05, 3.63) is 17.8 Å². The Morgan fingerprint density at radius 3 is 2.81 bits per heavy atom. The van der Waals surface area contributed by atoms with Gasteiger partial charge in [0.1, 0.15) is 5.76 Å². The Morgan fingerprint density at radius 1 is 1.62 bits per heavy atom. The Kier molecular flexibility index (Phi) is 4.86. The fourth-order valence-corrected chi connectivity index (χ4v) is 1.25. The number of amides is 1. The molecule has 1 amide bonds. The molecule has 1 aromatic rings. The second-order valence-electron chi connectivity index (χ2n) is 3.98. The van der Waals surface area contributed by atoms with E-state index < -0.39 is 0 Å². The Morgan fingerprint density at radius 2 is 2.31 bits per heavy atom. The zero-order chi connectivity index (χ0) is 12.1. The fourth-order valence-electron chi connectivity index (χ4n) is 1.16. The number of oxazole rings is 1. The maximum absolute atomic E-state index is 11.6. The summed E-state index contributed by atoms with van der Waals surface area (Å²) in [6.07, 6.45) is 2.49. The molecule has 0 radical (unpaired) electrons. The Labute approximate surface area is 101 Å². The van der Waals surface area contributed by atoms with Gasteiger partial charge >= 0.3 is 0 Å². The van der Waals surface area contributed by atoms with Crippen molar-refractivity contribution in [2.45, 2.75) is 39.0 Å². The lowest BCUT2D eigenvalue weighted by Gasteiger charge is -2.13. The zero-order valence-electron chi connectivity index (χ0n) is 9.86. The van der Waals surface area contributed by atoms with Gasteiger partial charge < -0.3 is 9.73 Å². The minimum atomic E-state index is -0.291. The molecular weight excluding hydrogens is 224 g/mol. The number of hydrogen-bond donors (Lipinski definition) is 2. The van der Waals surface area contributed by atoms with Crippen molar-refractivity contribution in [3.8, 4) is 0 Å². The molecule has 90 valence electrons. The molecule has 1 aromatic heterocycles. The van der Waals surface area contributed by atoms with E-state index in [2.05, 4.69) is 22.9 Å². The molecule has 4 nitrogen and oxygen atoms in total. The molecule has 0 saturated heterocycles. The van der Waals surface area contributed by atoms with Gasteiger partial charge in [-0.25, -0.2) is 4.98 Å². The third kappa shape index (κ3) is 3.56. The van der Waals surface area contributed by atoms with E-state index in [0.717, 1.165) is 12.2 Å². The number of nitrogens with zero attached hydrogens (tertiary/aromatic N) is 1. The van der Waals surface area contributed by atoms with Crippen molar-refractivity contribution < 1.29 is 9.21 Å². The predicted molar refractivity (Wildman–Crippen MR) is 65.3 cm³/mol. The first kappa shape index (κ1) is 13.1. The van der Waals surface area contributed by atoms with Crippen LogP contribution in [0.3, 0.4) is 0 Å². The van der Waals surface area contributed by atoms with E-state index in [0.29, 0.717) is 12.4 Å².